The molecule has 1 aromatic carbocycles. The molecule has 4 nitrogen and oxygen atoms in total. The molecule has 0 amide bonds. The number of rotatable bonds is 2. The van der Waals surface area contributed by atoms with Gasteiger partial charge in [-0.3, -0.25) is 0 Å². The van der Waals surface area contributed by atoms with Gasteiger partial charge >= 0.3 is 5.97 Å². The highest BCUT2D eigenvalue weighted by atomic mass is 16.5. The molecule has 4 heteroatoms. The summed E-state index contributed by atoms with van der Waals surface area (Å²) in [7, 11) is 0. The highest BCUT2D eigenvalue weighted by molar-refractivity contribution is 5.89. The second-order valence-corrected chi connectivity index (χ2v) is 2.80. The Morgan fingerprint density at radius 2 is 1.86 bits per heavy atom. The molecule has 0 saturated carbocycles. The summed E-state index contributed by atoms with van der Waals surface area (Å²) in [4.78, 5) is 11.1. The van der Waals surface area contributed by atoms with Crippen molar-refractivity contribution in [3.63, 3.8) is 0 Å². The first-order valence-electron chi connectivity index (χ1n) is 3.91. The van der Waals surface area contributed by atoms with E-state index < -0.39 is 5.97 Å². The van der Waals surface area contributed by atoms with E-state index in [1.807, 2.05) is 0 Å². The minimum Gasteiger partial charge on any atom is -0.504 e. The van der Waals surface area contributed by atoms with Crippen LogP contribution in [0.2, 0.25) is 0 Å². The summed E-state index contributed by atoms with van der Waals surface area (Å²) in [6.07, 6.45) is 0. The molecule has 1 rings (SSSR count). The van der Waals surface area contributed by atoms with Crippen molar-refractivity contribution < 1.29 is 19.7 Å². The smallest absolute Gasteiger partial charge is 0.338 e. The van der Waals surface area contributed by atoms with Gasteiger partial charge in [-0.05, 0) is 19.1 Å². The Kier molecular flexibility index (Phi) is 2.76. The van der Waals surface area contributed by atoms with E-state index in [1.165, 1.54) is 25.1 Å². The molecule has 0 spiro atoms. The Labute approximate surface area is 81.1 Å². The van der Waals surface area contributed by atoms with Crippen LogP contribution in [0.25, 0.3) is 0 Å². The minimum atomic E-state index is -0.693. The number of hydrogen-bond acceptors (Lipinski definition) is 4. The van der Waals surface area contributed by atoms with Crippen LogP contribution in [0.3, 0.4) is 0 Å². The molecule has 0 fully saturated rings. The van der Waals surface area contributed by atoms with Gasteiger partial charge in [-0.25, -0.2) is 4.79 Å². The van der Waals surface area contributed by atoms with E-state index in [4.69, 9.17) is 4.74 Å². The molecule has 0 unspecified atom stereocenters. The lowest BCUT2D eigenvalue weighted by molar-refractivity contribution is -0.130. The number of benzene rings is 1. The quantitative estimate of drug-likeness (QED) is 0.426. The molecular weight excluding hydrogens is 184 g/mol. The van der Waals surface area contributed by atoms with E-state index in [2.05, 4.69) is 6.58 Å². The van der Waals surface area contributed by atoms with E-state index in [1.54, 1.807) is 0 Å². The summed E-state index contributed by atoms with van der Waals surface area (Å²) < 4.78 is 4.70. The highest BCUT2D eigenvalue weighted by Crippen LogP contribution is 2.35. The van der Waals surface area contributed by atoms with Gasteiger partial charge in [-0.1, -0.05) is 12.6 Å². The predicted octanol–water partition coefficient (Wildman–Crippen LogP) is 1.58. The molecule has 1 aromatic rings. The van der Waals surface area contributed by atoms with Gasteiger partial charge in [0.15, 0.2) is 11.5 Å². The molecular formula is C10H10O4. The molecule has 0 bridgehead atoms. The molecule has 14 heavy (non-hydrogen) atoms. The van der Waals surface area contributed by atoms with Crippen molar-refractivity contribution in [3.8, 4) is 17.2 Å². The van der Waals surface area contributed by atoms with E-state index >= 15 is 0 Å². The van der Waals surface area contributed by atoms with Crippen LogP contribution in [0.4, 0.5) is 0 Å². The number of carbonyl (C=O) groups is 1. The van der Waals surface area contributed by atoms with Crippen molar-refractivity contribution >= 4 is 5.97 Å². The zero-order chi connectivity index (χ0) is 10.7. The van der Waals surface area contributed by atoms with Crippen LogP contribution in [0.15, 0.2) is 30.4 Å². The van der Waals surface area contributed by atoms with E-state index in [0.29, 0.717) is 0 Å². The summed E-state index contributed by atoms with van der Waals surface area (Å²) in [5.74, 6) is -1.53. The number of aromatic hydroxyl groups is 2. The van der Waals surface area contributed by atoms with Crippen LogP contribution in [0.1, 0.15) is 6.92 Å². The molecule has 0 aliphatic carbocycles. The molecule has 0 atom stereocenters. The van der Waals surface area contributed by atoms with Crippen molar-refractivity contribution in [2.45, 2.75) is 6.92 Å². The first kappa shape index (κ1) is 10.1. The lowest BCUT2D eigenvalue weighted by Gasteiger charge is -2.06. The topological polar surface area (TPSA) is 66.8 Å². The van der Waals surface area contributed by atoms with Gasteiger partial charge in [-0.2, -0.15) is 0 Å². The monoisotopic (exact) mass is 194 g/mol. The maximum absolute atomic E-state index is 11.1. The number of ether oxygens (including phenoxy) is 1. The van der Waals surface area contributed by atoms with Crippen LogP contribution in [0.5, 0.6) is 17.2 Å². The Balaban J connectivity index is 2.97. The van der Waals surface area contributed by atoms with Gasteiger partial charge in [0.05, 0.1) is 0 Å². The fourth-order valence-electron chi connectivity index (χ4n) is 0.797. The fraction of sp³-hybridized carbons (Fsp3) is 0.100. The van der Waals surface area contributed by atoms with Crippen LogP contribution < -0.4 is 4.74 Å². The number of phenolic OH excluding ortho intramolecular Hbond substituents is 2. The van der Waals surface area contributed by atoms with Gasteiger partial charge in [0.1, 0.15) is 0 Å². The predicted molar refractivity (Wildman–Crippen MR) is 50.2 cm³/mol. The third-order valence-electron chi connectivity index (χ3n) is 1.52. The summed E-state index contributed by atoms with van der Waals surface area (Å²) >= 11 is 0. The Morgan fingerprint density at radius 1 is 1.36 bits per heavy atom. The zero-order valence-corrected chi connectivity index (χ0v) is 7.65. The first-order valence-corrected chi connectivity index (χ1v) is 3.91. The normalized spacial score (nSPS) is 9.50. The summed E-state index contributed by atoms with van der Waals surface area (Å²) in [5.41, 5.74) is 0.188. The lowest BCUT2D eigenvalue weighted by atomic mass is 10.3. The fourth-order valence-corrected chi connectivity index (χ4v) is 0.797. The second kappa shape index (κ2) is 3.83. The van der Waals surface area contributed by atoms with Crippen molar-refractivity contribution in [1.29, 1.82) is 0 Å². The van der Waals surface area contributed by atoms with Crippen LogP contribution in [-0.4, -0.2) is 16.2 Å². The molecule has 0 radical (unpaired) electrons. The number of para-hydroxylation sites is 1. The summed E-state index contributed by atoms with van der Waals surface area (Å²) in [5, 5.41) is 18.5. The van der Waals surface area contributed by atoms with Crippen molar-refractivity contribution in [2.75, 3.05) is 0 Å². The van der Waals surface area contributed by atoms with Crippen LogP contribution in [0, 0.1) is 0 Å². The van der Waals surface area contributed by atoms with Gasteiger partial charge in [0.2, 0.25) is 5.75 Å². The number of phenols is 2. The molecule has 0 aromatic heterocycles. The van der Waals surface area contributed by atoms with E-state index in [-0.39, 0.29) is 22.8 Å². The largest absolute Gasteiger partial charge is 0.504 e. The third kappa shape index (κ3) is 2.04. The molecule has 2 N–H and O–H groups in total. The van der Waals surface area contributed by atoms with Gasteiger partial charge < -0.3 is 14.9 Å². The number of hydrogen-bond donors (Lipinski definition) is 2. The van der Waals surface area contributed by atoms with Gasteiger partial charge in [0, 0.05) is 5.57 Å². The van der Waals surface area contributed by atoms with Crippen molar-refractivity contribution in [2.24, 2.45) is 0 Å². The molecule has 0 heterocycles. The Bertz CT molecular complexity index is 361. The average Bonchev–Trinajstić information content (AvgIpc) is 2.11. The minimum absolute atomic E-state index is 0.188. The second-order valence-electron chi connectivity index (χ2n) is 2.80. The van der Waals surface area contributed by atoms with Crippen molar-refractivity contribution in [3.05, 3.63) is 30.4 Å². The van der Waals surface area contributed by atoms with Crippen LogP contribution in [-0.2, 0) is 4.79 Å². The van der Waals surface area contributed by atoms with Gasteiger partial charge in [0.25, 0.3) is 0 Å². The third-order valence-corrected chi connectivity index (χ3v) is 1.52. The number of esters is 1. The summed E-state index contributed by atoms with van der Waals surface area (Å²) in [6, 6.07) is 4.05. The maximum Gasteiger partial charge on any atom is 0.338 e. The Morgan fingerprint density at radius 3 is 2.29 bits per heavy atom. The molecule has 74 valence electrons. The maximum atomic E-state index is 11.1. The average molecular weight is 194 g/mol. The molecule has 0 saturated heterocycles. The first-order chi connectivity index (χ1) is 6.52. The highest BCUT2D eigenvalue weighted by Gasteiger charge is 2.13. The molecule has 0 aliphatic rings. The standard InChI is InChI=1S/C10H10O4/c1-6(2)10(13)14-9-7(11)4-3-5-8(9)12/h3-5,11-12H,1H2,2H3. The van der Waals surface area contributed by atoms with E-state index in [0.717, 1.165) is 0 Å². The summed E-state index contributed by atoms with van der Waals surface area (Å²) in [6.45, 7) is 4.84. The molecule has 0 aliphatic heterocycles. The Hall–Kier alpha value is -1.97. The lowest BCUT2D eigenvalue weighted by Crippen LogP contribution is -2.08. The van der Waals surface area contributed by atoms with Crippen molar-refractivity contribution in [1.82, 2.24) is 0 Å². The SMILES string of the molecule is C=C(C)C(=O)Oc1c(O)cccc1O. The van der Waals surface area contributed by atoms with Gasteiger partial charge in [-0.15, -0.1) is 0 Å². The van der Waals surface area contributed by atoms with E-state index in [9.17, 15) is 15.0 Å². The number of carbonyl (C=O) groups excluding carboxylic acids is 1. The zero-order valence-electron chi connectivity index (χ0n) is 7.65. The van der Waals surface area contributed by atoms with Crippen LogP contribution >= 0.6 is 0 Å².